The van der Waals surface area contributed by atoms with E-state index in [1.807, 2.05) is 12.1 Å². The van der Waals surface area contributed by atoms with Gasteiger partial charge in [0.05, 0.1) is 0 Å². The van der Waals surface area contributed by atoms with E-state index >= 15 is 0 Å². The van der Waals surface area contributed by atoms with Gasteiger partial charge in [-0.25, -0.2) is 4.99 Å². The van der Waals surface area contributed by atoms with Crippen LogP contribution >= 0.6 is 0 Å². The Balaban J connectivity index is 1.87. The number of nitrogens with zero attached hydrogens (tertiary/aromatic N) is 1. The van der Waals surface area contributed by atoms with Gasteiger partial charge in [-0.15, -0.1) is 0 Å². The number of nitrogens with two attached hydrogens (primary N) is 2. The van der Waals surface area contributed by atoms with Crippen molar-refractivity contribution in [3.05, 3.63) is 48.2 Å². The van der Waals surface area contributed by atoms with E-state index in [0.29, 0.717) is 5.96 Å². The summed E-state index contributed by atoms with van der Waals surface area (Å²) in [5.74, 6) is 0.402. The molecule has 1 atom stereocenters. The van der Waals surface area contributed by atoms with Crippen LogP contribution in [0.3, 0.4) is 0 Å². The maximum absolute atomic E-state index is 6.44. The lowest BCUT2D eigenvalue weighted by Crippen LogP contribution is -2.51. The molecule has 0 aromatic heterocycles. The third-order valence-corrected chi connectivity index (χ3v) is 3.96. The molecule has 3 rings (SSSR count). The van der Waals surface area contributed by atoms with Crippen LogP contribution in [0.25, 0.3) is 0 Å². The standard InChI is InChI=1S/C14H18N4/c15-12-17-9-8-14(16,18-12)13(6-7-13)10-11-4-2-1-3-5-11/h1-5,8-9H,6-7,10,16H2,(H3,15,17,18). The monoisotopic (exact) mass is 242 g/mol. The van der Waals surface area contributed by atoms with Crippen molar-refractivity contribution in [2.24, 2.45) is 21.9 Å². The van der Waals surface area contributed by atoms with Crippen LogP contribution in [0.15, 0.2) is 47.6 Å². The Labute approximate surface area is 107 Å². The number of hydrogen-bond donors (Lipinski definition) is 3. The quantitative estimate of drug-likeness (QED) is 0.742. The fraction of sp³-hybridized carbons (Fsp3) is 0.357. The van der Waals surface area contributed by atoms with Crippen molar-refractivity contribution in [3.8, 4) is 0 Å². The normalized spacial score (nSPS) is 28.4. The molecule has 1 aliphatic heterocycles. The first kappa shape index (κ1) is 11.3. The molecule has 0 amide bonds. The lowest BCUT2D eigenvalue weighted by atomic mass is 9.83. The lowest BCUT2D eigenvalue weighted by Gasteiger charge is -2.34. The summed E-state index contributed by atoms with van der Waals surface area (Å²) in [7, 11) is 0. The Morgan fingerprint density at radius 1 is 1.22 bits per heavy atom. The van der Waals surface area contributed by atoms with Crippen LogP contribution in [0.4, 0.5) is 0 Å². The third-order valence-electron chi connectivity index (χ3n) is 3.96. The first-order chi connectivity index (χ1) is 8.64. The van der Waals surface area contributed by atoms with Gasteiger partial charge in [0.25, 0.3) is 0 Å². The number of nitrogens with one attached hydrogen (secondary N) is 1. The van der Waals surface area contributed by atoms with Crippen molar-refractivity contribution in [1.82, 2.24) is 5.32 Å². The predicted octanol–water partition coefficient (Wildman–Crippen LogP) is 1.10. The van der Waals surface area contributed by atoms with Crippen LogP contribution in [0.5, 0.6) is 0 Å². The topological polar surface area (TPSA) is 76.4 Å². The molecule has 18 heavy (non-hydrogen) atoms. The molecule has 0 bridgehead atoms. The van der Waals surface area contributed by atoms with Crippen LogP contribution in [0, 0.1) is 5.41 Å². The molecular formula is C14H18N4. The highest BCUT2D eigenvalue weighted by Crippen LogP contribution is 2.56. The van der Waals surface area contributed by atoms with Crippen molar-refractivity contribution in [2.75, 3.05) is 0 Å². The minimum atomic E-state index is -0.668. The zero-order valence-electron chi connectivity index (χ0n) is 10.3. The van der Waals surface area contributed by atoms with Crippen LogP contribution in [0.1, 0.15) is 18.4 Å². The summed E-state index contributed by atoms with van der Waals surface area (Å²) < 4.78 is 0. The fourth-order valence-electron chi connectivity index (χ4n) is 2.67. The molecular weight excluding hydrogens is 224 g/mol. The van der Waals surface area contributed by atoms with Crippen LogP contribution in [-0.2, 0) is 6.42 Å². The van der Waals surface area contributed by atoms with Crippen molar-refractivity contribution in [2.45, 2.75) is 24.9 Å². The average Bonchev–Trinajstić information content (AvgIpc) is 3.11. The molecule has 1 aromatic rings. The Bertz CT molecular complexity index is 502. The van der Waals surface area contributed by atoms with E-state index in [4.69, 9.17) is 11.5 Å². The second kappa shape index (κ2) is 3.85. The Hall–Kier alpha value is -1.81. The van der Waals surface area contributed by atoms with Gasteiger partial charge in [0.2, 0.25) is 0 Å². The second-order valence-corrected chi connectivity index (χ2v) is 5.24. The van der Waals surface area contributed by atoms with Crippen molar-refractivity contribution >= 4 is 5.96 Å². The van der Waals surface area contributed by atoms with Gasteiger partial charge < -0.3 is 16.8 Å². The molecule has 1 unspecified atom stereocenters. The smallest absolute Gasteiger partial charge is 0.194 e. The second-order valence-electron chi connectivity index (χ2n) is 5.24. The highest BCUT2D eigenvalue weighted by atomic mass is 15.2. The minimum Gasteiger partial charge on any atom is -0.370 e. The summed E-state index contributed by atoms with van der Waals surface area (Å²) in [6, 6.07) is 10.4. The molecule has 1 heterocycles. The first-order valence-electron chi connectivity index (χ1n) is 6.26. The summed E-state index contributed by atoms with van der Waals surface area (Å²) in [6.07, 6.45) is 6.87. The number of rotatable bonds is 3. The Morgan fingerprint density at radius 2 is 1.94 bits per heavy atom. The SMILES string of the molecule is NC1=NC(N)(C2(Cc3ccccc3)CC2)C=CN1. The summed E-state index contributed by atoms with van der Waals surface area (Å²) >= 11 is 0. The van der Waals surface area contributed by atoms with E-state index in [1.54, 1.807) is 6.20 Å². The molecule has 0 saturated heterocycles. The van der Waals surface area contributed by atoms with Gasteiger partial charge in [0.1, 0.15) is 5.66 Å². The maximum Gasteiger partial charge on any atom is 0.194 e. The van der Waals surface area contributed by atoms with Gasteiger partial charge in [0.15, 0.2) is 5.96 Å². The number of benzene rings is 1. The Morgan fingerprint density at radius 3 is 2.56 bits per heavy atom. The van der Waals surface area contributed by atoms with Gasteiger partial charge in [-0.2, -0.15) is 0 Å². The van der Waals surface area contributed by atoms with E-state index in [0.717, 1.165) is 19.3 Å². The molecule has 2 aliphatic rings. The molecule has 0 radical (unpaired) electrons. The first-order valence-corrected chi connectivity index (χ1v) is 6.26. The van der Waals surface area contributed by atoms with Crippen LogP contribution < -0.4 is 16.8 Å². The van der Waals surface area contributed by atoms with Gasteiger partial charge in [-0.3, -0.25) is 0 Å². The minimum absolute atomic E-state index is 0.0254. The zero-order chi connectivity index (χ0) is 12.6. The molecule has 5 N–H and O–H groups in total. The lowest BCUT2D eigenvalue weighted by molar-refractivity contribution is 0.312. The largest absolute Gasteiger partial charge is 0.370 e. The summed E-state index contributed by atoms with van der Waals surface area (Å²) in [5.41, 5.74) is 12.8. The molecule has 4 heteroatoms. The van der Waals surface area contributed by atoms with E-state index in [9.17, 15) is 0 Å². The average molecular weight is 242 g/mol. The van der Waals surface area contributed by atoms with Crippen LogP contribution in [0.2, 0.25) is 0 Å². The highest BCUT2D eigenvalue weighted by Gasteiger charge is 2.57. The molecule has 94 valence electrons. The number of hydrogen-bond acceptors (Lipinski definition) is 4. The summed E-state index contributed by atoms with van der Waals surface area (Å²) in [5, 5.41) is 2.87. The van der Waals surface area contributed by atoms with E-state index in [-0.39, 0.29) is 5.41 Å². The molecule has 0 spiro atoms. The Kier molecular flexibility index (Phi) is 2.41. The summed E-state index contributed by atoms with van der Waals surface area (Å²) in [4.78, 5) is 4.42. The van der Waals surface area contributed by atoms with Gasteiger partial charge in [-0.1, -0.05) is 30.3 Å². The highest BCUT2D eigenvalue weighted by molar-refractivity contribution is 5.80. The van der Waals surface area contributed by atoms with Crippen molar-refractivity contribution < 1.29 is 0 Å². The van der Waals surface area contributed by atoms with Crippen molar-refractivity contribution in [3.63, 3.8) is 0 Å². The van der Waals surface area contributed by atoms with Gasteiger partial charge in [0, 0.05) is 11.6 Å². The van der Waals surface area contributed by atoms with Crippen LogP contribution in [-0.4, -0.2) is 11.6 Å². The third kappa shape index (κ3) is 1.78. The maximum atomic E-state index is 6.44. The summed E-state index contributed by atoms with van der Waals surface area (Å²) in [6.45, 7) is 0. The number of guanidine groups is 1. The van der Waals surface area contributed by atoms with Gasteiger partial charge >= 0.3 is 0 Å². The van der Waals surface area contributed by atoms with Gasteiger partial charge in [-0.05, 0) is 30.9 Å². The molecule has 1 aliphatic carbocycles. The van der Waals surface area contributed by atoms with Crippen molar-refractivity contribution in [1.29, 1.82) is 0 Å². The molecule has 1 saturated carbocycles. The molecule has 1 aromatic carbocycles. The van der Waals surface area contributed by atoms with E-state index in [1.165, 1.54) is 5.56 Å². The van der Waals surface area contributed by atoms with E-state index in [2.05, 4.69) is 34.6 Å². The predicted molar refractivity (Wildman–Crippen MR) is 72.6 cm³/mol. The number of aliphatic imine (C=N–C) groups is 1. The molecule has 4 nitrogen and oxygen atoms in total. The molecule has 1 fully saturated rings. The fourth-order valence-corrected chi connectivity index (χ4v) is 2.67. The zero-order valence-corrected chi connectivity index (χ0v) is 10.3. The van der Waals surface area contributed by atoms with E-state index < -0.39 is 5.66 Å².